The maximum Gasteiger partial charge on any atom is 0.262 e. The second kappa shape index (κ2) is 10.6. The van der Waals surface area contributed by atoms with Crippen LogP contribution in [-0.4, -0.2) is 22.8 Å². The first kappa shape index (κ1) is 24.1. The maximum atomic E-state index is 14.7. The zero-order valence-electron chi connectivity index (χ0n) is 21.4. The summed E-state index contributed by atoms with van der Waals surface area (Å²) in [7, 11) is 0. The molecule has 0 unspecified atom stereocenters. The van der Waals surface area contributed by atoms with Gasteiger partial charge in [0.2, 0.25) is 11.0 Å². The van der Waals surface area contributed by atoms with Gasteiger partial charge in [0.1, 0.15) is 0 Å². The Morgan fingerprint density at radius 1 is 0.632 bits per heavy atom. The Bertz CT molecular complexity index is 1550. The molecule has 5 aromatic rings. The van der Waals surface area contributed by atoms with Crippen molar-refractivity contribution in [2.45, 2.75) is 44.7 Å². The van der Waals surface area contributed by atoms with E-state index in [2.05, 4.69) is 41.0 Å². The summed E-state index contributed by atoms with van der Waals surface area (Å²) in [5.74, 6) is -0.415. The molecule has 38 heavy (non-hydrogen) atoms. The van der Waals surface area contributed by atoms with Gasteiger partial charge in [0, 0.05) is 29.3 Å². The van der Waals surface area contributed by atoms with Crippen molar-refractivity contribution < 1.29 is 14.2 Å². The molecular formula is C34H31N2O2+. The Labute approximate surface area is 223 Å². The summed E-state index contributed by atoms with van der Waals surface area (Å²) < 4.78 is 2.28. The van der Waals surface area contributed by atoms with E-state index in [0.717, 1.165) is 53.9 Å². The Hall–Kier alpha value is -4.31. The topological polar surface area (TPSA) is 41.3 Å². The number of para-hydroxylation sites is 2. The largest absolute Gasteiger partial charge is 0.271 e. The van der Waals surface area contributed by atoms with Crippen molar-refractivity contribution in [3.63, 3.8) is 0 Å². The van der Waals surface area contributed by atoms with E-state index in [9.17, 15) is 9.59 Å². The summed E-state index contributed by atoms with van der Waals surface area (Å²) >= 11 is 0. The number of benzene rings is 4. The maximum absolute atomic E-state index is 14.7. The molecule has 0 bridgehead atoms. The van der Waals surface area contributed by atoms with Crippen molar-refractivity contribution in [3.05, 3.63) is 126 Å². The predicted molar refractivity (Wildman–Crippen MR) is 151 cm³/mol. The third-order valence-corrected chi connectivity index (χ3v) is 7.72. The molecule has 0 aliphatic heterocycles. The second-order valence-electron chi connectivity index (χ2n) is 10.1. The van der Waals surface area contributed by atoms with Crippen LogP contribution in [0, 0.1) is 0 Å². The molecule has 0 saturated heterocycles. The minimum atomic E-state index is -0.211. The van der Waals surface area contributed by atoms with Gasteiger partial charge in [-0.25, -0.2) is 0 Å². The van der Waals surface area contributed by atoms with Crippen molar-refractivity contribution >= 4 is 33.6 Å². The van der Waals surface area contributed by atoms with Crippen molar-refractivity contribution in [1.82, 2.24) is 4.90 Å². The van der Waals surface area contributed by atoms with Crippen molar-refractivity contribution in [2.75, 3.05) is 0 Å². The number of hydrogen-bond donors (Lipinski definition) is 0. The number of hydrogen-bond acceptors (Lipinski definition) is 2. The third-order valence-electron chi connectivity index (χ3n) is 7.72. The molecule has 1 fully saturated rings. The van der Waals surface area contributed by atoms with Crippen LogP contribution in [0.2, 0.25) is 0 Å². The van der Waals surface area contributed by atoms with Crippen LogP contribution in [0.1, 0.15) is 58.4 Å². The van der Waals surface area contributed by atoms with Crippen LogP contribution in [0.3, 0.4) is 0 Å². The molecule has 0 spiro atoms. The third kappa shape index (κ3) is 4.47. The number of carbonyl (C=O) groups is 2. The van der Waals surface area contributed by atoms with Crippen LogP contribution in [0.5, 0.6) is 0 Å². The van der Waals surface area contributed by atoms with E-state index >= 15 is 0 Å². The fraction of sp³-hybridized carbons (Fsp3) is 0.206. The van der Waals surface area contributed by atoms with Crippen LogP contribution in [0.4, 0.5) is 0 Å². The van der Waals surface area contributed by atoms with E-state index in [1.54, 1.807) is 17.0 Å². The lowest BCUT2D eigenvalue weighted by molar-refractivity contribution is -0.635. The Morgan fingerprint density at radius 2 is 1.16 bits per heavy atom. The monoisotopic (exact) mass is 499 g/mol. The van der Waals surface area contributed by atoms with Crippen molar-refractivity contribution in [3.8, 4) is 0 Å². The van der Waals surface area contributed by atoms with Gasteiger partial charge in [-0.2, -0.15) is 4.57 Å². The number of imide groups is 1. The molecule has 4 nitrogen and oxygen atoms in total. The van der Waals surface area contributed by atoms with Crippen LogP contribution < -0.4 is 4.57 Å². The highest BCUT2D eigenvalue weighted by Crippen LogP contribution is 2.31. The molecule has 1 aromatic heterocycles. The highest BCUT2D eigenvalue weighted by Gasteiger charge is 2.35. The number of fused-ring (bicyclic) bond motifs is 2. The minimum Gasteiger partial charge on any atom is -0.271 e. The molecule has 4 heteroatoms. The fourth-order valence-corrected chi connectivity index (χ4v) is 5.89. The summed E-state index contributed by atoms with van der Waals surface area (Å²) in [6, 6.07) is 35.7. The summed E-state index contributed by atoms with van der Waals surface area (Å²) in [5, 5.41) is 1.74. The lowest BCUT2D eigenvalue weighted by atomic mass is 9.92. The van der Waals surface area contributed by atoms with Gasteiger partial charge in [-0.15, -0.1) is 0 Å². The molecule has 2 amide bonds. The highest BCUT2D eigenvalue weighted by molar-refractivity contribution is 6.20. The number of nitrogens with zero attached hydrogens (tertiary/aromatic N) is 2. The van der Waals surface area contributed by atoms with Gasteiger partial charge in [0.15, 0.2) is 6.54 Å². The number of aromatic nitrogens is 1. The molecule has 4 aromatic carbocycles. The summed E-state index contributed by atoms with van der Waals surface area (Å²) in [6.45, 7) is 0.686. The normalized spacial score (nSPS) is 14.0. The molecule has 1 saturated carbocycles. The SMILES string of the molecule is O=C(c1ccccc1)N(C(=O)c1c2ccccc2[n+](Cc2ccccc2)c2ccccc12)C1CCCCC1. The number of pyridine rings is 1. The summed E-state index contributed by atoms with van der Waals surface area (Å²) in [4.78, 5) is 30.2. The van der Waals surface area contributed by atoms with Gasteiger partial charge < -0.3 is 0 Å². The van der Waals surface area contributed by atoms with E-state index in [1.807, 2.05) is 60.7 Å². The first-order valence-electron chi connectivity index (χ1n) is 13.5. The van der Waals surface area contributed by atoms with Crippen LogP contribution in [0.15, 0.2) is 109 Å². The van der Waals surface area contributed by atoms with Gasteiger partial charge in [0.05, 0.1) is 16.3 Å². The summed E-state index contributed by atoms with van der Waals surface area (Å²) in [5.41, 5.74) is 4.31. The Morgan fingerprint density at radius 3 is 1.76 bits per heavy atom. The van der Waals surface area contributed by atoms with Crippen LogP contribution >= 0.6 is 0 Å². The van der Waals surface area contributed by atoms with E-state index in [1.165, 1.54) is 5.56 Å². The molecule has 0 N–H and O–H groups in total. The average Bonchev–Trinajstić information content (AvgIpc) is 2.98. The summed E-state index contributed by atoms with van der Waals surface area (Å²) in [6.07, 6.45) is 4.91. The molecule has 1 aliphatic carbocycles. The lowest BCUT2D eigenvalue weighted by Gasteiger charge is -2.33. The predicted octanol–water partition coefficient (Wildman–Crippen LogP) is 6.94. The molecule has 0 radical (unpaired) electrons. The molecule has 188 valence electrons. The van der Waals surface area contributed by atoms with Gasteiger partial charge in [-0.3, -0.25) is 14.5 Å². The molecule has 1 heterocycles. The van der Waals surface area contributed by atoms with E-state index < -0.39 is 0 Å². The average molecular weight is 500 g/mol. The highest BCUT2D eigenvalue weighted by atomic mass is 16.2. The smallest absolute Gasteiger partial charge is 0.262 e. The quantitative estimate of drug-likeness (QED) is 0.149. The van der Waals surface area contributed by atoms with Crippen LogP contribution in [-0.2, 0) is 6.54 Å². The zero-order chi connectivity index (χ0) is 25.9. The molecule has 1 aliphatic rings. The first-order valence-corrected chi connectivity index (χ1v) is 13.5. The molecular weight excluding hydrogens is 468 g/mol. The second-order valence-corrected chi connectivity index (χ2v) is 10.1. The lowest BCUT2D eigenvalue weighted by Crippen LogP contribution is -2.46. The van der Waals surface area contributed by atoms with E-state index in [0.29, 0.717) is 17.7 Å². The Kier molecular flexibility index (Phi) is 6.70. The van der Waals surface area contributed by atoms with Crippen LogP contribution in [0.25, 0.3) is 21.8 Å². The standard InChI is InChI=1S/C34H31N2O2/c37-33(26-16-6-2-7-17-26)36(27-18-8-3-9-19-27)34(38)32-28-20-10-12-22-30(28)35(24-25-14-4-1-5-15-25)31-23-13-11-21-29(31)32/h1-2,4-7,10-17,20-23,27H,3,8-9,18-19,24H2/q+1. The van der Waals surface area contributed by atoms with Crippen molar-refractivity contribution in [2.24, 2.45) is 0 Å². The van der Waals surface area contributed by atoms with Gasteiger partial charge >= 0.3 is 0 Å². The zero-order valence-corrected chi connectivity index (χ0v) is 21.4. The fourth-order valence-electron chi connectivity index (χ4n) is 5.89. The van der Waals surface area contributed by atoms with Crippen molar-refractivity contribution in [1.29, 1.82) is 0 Å². The van der Waals surface area contributed by atoms with Gasteiger partial charge in [0.25, 0.3) is 11.8 Å². The Balaban J connectivity index is 1.56. The molecule has 6 rings (SSSR count). The van der Waals surface area contributed by atoms with E-state index in [-0.39, 0.29) is 17.9 Å². The molecule has 0 atom stereocenters. The number of rotatable bonds is 5. The number of amides is 2. The first-order chi connectivity index (χ1) is 18.7. The van der Waals surface area contributed by atoms with E-state index in [4.69, 9.17) is 0 Å². The number of carbonyl (C=O) groups excluding carboxylic acids is 2. The minimum absolute atomic E-state index is 0.0990. The van der Waals surface area contributed by atoms with Gasteiger partial charge in [-0.05, 0) is 37.1 Å². The van der Waals surface area contributed by atoms with Gasteiger partial charge in [-0.1, -0.05) is 92.1 Å².